The smallest absolute Gasteiger partial charge is 0.276 e. The fourth-order valence-corrected chi connectivity index (χ4v) is 2.55. The lowest BCUT2D eigenvalue weighted by Crippen LogP contribution is -2.44. The molecule has 0 aliphatic heterocycles. The zero-order valence-electron chi connectivity index (χ0n) is 15.8. The number of ether oxygens (including phenoxy) is 3. The Morgan fingerprint density at radius 2 is 1.50 bits per heavy atom. The van der Waals surface area contributed by atoms with Crippen LogP contribution in [0.3, 0.4) is 0 Å². The van der Waals surface area contributed by atoms with Gasteiger partial charge < -0.3 is 14.2 Å². The van der Waals surface area contributed by atoms with E-state index in [9.17, 15) is 9.59 Å². The number of hydrogen-bond donors (Lipinski definition) is 2. The van der Waals surface area contributed by atoms with E-state index >= 15 is 0 Å². The minimum atomic E-state index is -0.460. The van der Waals surface area contributed by atoms with Crippen molar-refractivity contribution in [3.8, 4) is 17.2 Å². The molecule has 2 aromatic rings. The van der Waals surface area contributed by atoms with E-state index in [-0.39, 0.29) is 18.9 Å². The number of benzene rings is 2. The molecule has 0 saturated carbocycles. The molecule has 0 aliphatic carbocycles. The first-order valence-electron chi connectivity index (χ1n) is 8.86. The van der Waals surface area contributed by atoms with Crippen LogP contribution >= 0.6 is 15.9 Å². The van der Waals surface area contributed by atoms with Crippen molar-refractivity contribution in [3.05, 3.63) is 52.5 Å². The van der Waals surface area contributed by atoms with Crippen LogP contribution in [0.25, 0.3) is 0 Å². The average molecular weight is 451 g/mol. The number of carbonyl (C=O) groups excluding carboxylic acids is 2. The number of amides is 2. The standard InChI is InChI=1S/C20H23BrN2O5/c1-3-26-17-10-5-14(11-18(17)27-4-2)12-19(24)22-23-20(25)13-28-16-8-6-15(21)7-9-16/h5-11H,3-4,12-13H2,1-2H3,(H,22,24)(H,23,25). The molecule has 0 fully saturated rings. The Morgan fingerprint density at radius 3 is 2.18 bits per heavy atom. The minimum absolute atomic E-state index is 0.0837. The molecule has 0 atom stereocenters. The maximum atomic E-state index is 12.1. The summed E-state index contributed by atoms with van der Waals surface area (Å²) in [5, 5.41) is 0. The molecule has 2 amide bonds. The second-order valence-corrected chi connectivity index (χ2v) is 6.58. The number of nitrogens with one attached hydrogen (secondary N) is 2. The number of halogens is 1. The Morgan fingerprint density at radius 1 is 0.857 bits per heavy atom. The lowest BCUT2D eigenvalue weighted by molar-refractivity contribution is -0.129. The summed E-state index contributed by atoms with van der Waals surface area (Å²) in [5.74, 6) is 0.956. The molecule has 28 heavy (non-hydrogen) atoms. The highest BCUT2D eigenvalue weighted by atomic mass is 79.9. The maximum absolute atomic E-state index is 12.1. The summed E-state index contributed by atoms with van der Waals surface area (Å²) in [4.78, 5) is 23.9. The van der Waals surface area contributed by atoms with Crippen LogP contribution in [0.2, 0.25) is 0 Å². The first-order chi connectivity index (χ1) is 13.5. The second-order valence-electron chi connectivity index (χ2n) is 5.66. The molecular weight excluding hydrogens is 428 g/mol. The third-order valence-corrected chi connectivity index (χ3v) is 4.03. The summed E-state index contributed by atoms with van der Waals surface area (Å²) in [6.45, 7) is 4.57. The number of hydrazine groups is 1. The first kappa shape index (κ1) is 21.6. The molecule has 0 unspecified atom stereocenters. The van der Waals surface area contributed by atoms with Crippen molar-refractivity contribution in [2.24, 2.45) is 0 Å². The van der Waals surface area contributed by atoms with Crippen molar-refractivity contribution < 1.29 is 23.8 Å². The minimum Gasteiger partial charge on any atom is -0.490 e. The molecule has 0 radical (unpaired) electrons. The molecular formula is C20H23BrN2O5. The number of rotatable bonds is 9. The number of carbonyl (C=O) groups is 2. The average Bonchev–Trinajstić information content (AvgIpc) is 2.68. The van der Waals surface area contributed by atoms with Gasteiger partial charge in [-0.3, -0.25) is 20.4 Å². The van der Waals surface area contributed by atoms with Gasteiger partial charge in [-0.25, -0.2) is 0 Å². The molecule has 0 bridgehead atoms. The zero-order valence-corrected chi connectivity index (χ0v) is 17.4. The summed E-state index contributed by atoms with van der Waals surface area (Å²) in [6, 6.07) is 12.4. The van der Waals surface area contributed by atoms with Gasteiger partial charge in [-0.05, 0) is 55.8 Å². The summed E-state index contributed by atoms with van der Waals surface area (Å²) in [6.07, 6.45) is 0.0837. The topological polar surface area (TPSA) is 85.9 Å². The van der Waals surface area contributed by atoms with Crippen LogP contribution < -0.4 is 25.1 Å². The molecule has 0 heterocycles. The fraction of sp³-hybridized carbons (Fsp3) is 0.300. The lowest BCUT2D eigenvalue weighted by atomic mass is 10.1. The van der Waals surface area contributed by atoms with Crippen LogP contribution in [0.15, 0.2) is 46.9 Å². The third kappa shape index (κ3) is 7.11. The zero-order chi connectivity index (χ0) is 20.4. The second kappa shape index (κ2) is 11.2. The quantitative estimate of drug-likeness (QED) is 0.573. The normalized spacial score (nSPS) is 10.1. The van der Waals surface area contributed by atoms with E-state index in [0.717, 1.165) is 10.0 Å². The van der Waals surface area contributed by atoms with Gasteiger partial charge in [0.25, 0.3) is 5.91 Å². The van der Waals surface area contributed by atoms with E-state index in [1.165, 1.54) is 0 Å². The highest BCUT2D eigenvalue weighted by Crippen LogP contribution is 2.28. The van der Waals surface area contributed by atoms with Gasteiger partial charge in [0.1, 0.15) is 5.75 Å². The monoisotopic (exact) mass is 450 g/mol. The van der Waals surface area contributed by atoms with Crippen LogP contribution in [-0.4, -0.2) is 31.6 Å². The van der Waals surface area contributed by atoms with E-state index in [1.54, 1.807) is 30.3 Å². The van der Waals surface area contributed by atoms with Crippen molar-refractivity contribution in [1.82, 2.24) is 10.9 Å². The van der Waals surface area contributed by atoms with Gasteiger partial charge in [0, 0.05) is 4.47 Å². The molecule has 150 valence electrons. The predicted octanol–water partition coefficient (Wildman–Crippen LogP) is 3.02. The fourth-order valence-electron chi connectivity index (χ4n) is 2.29. The van der Waals surface area contributed by atoms with Gasteiger partial charge in [-0.15, -0.1) is 0 Å². The molecule has 0 spiro atoms. The van der Waals surface area contributed by atoms with Crippen molar-refractivity contribution in [1.29, 1.82) is 0 Å². The predicted molar refractivity (Wildman–Crippen MR) is 108 cm³/mol. The van der Waals surface area contributed by atoms with Crippen molar-refractivity contribution in [3.63, 3.8) is 0 Å². The molecule has 2 N–H and O–H groups in total. The van der Waals surface area contributed by atoms with Crippen LogP contribution in [-0.2, 0) is 16.0 Å². The van der Waals surface area contributed by atoms with Gasteiger partial charge in [-0.1, -0.05) is 22.0 Å². The Hall–Kier alpha value is -2.74. The summed E-state index contributed by atoms with van der Waals surface area (Å²) < 4.78 is 17.3. The van der Waals surface area contributed by atoms with Gasteiger partial charge in [0.05, 0.1) is 19.6 Å². The Kier molecular flexibility index (Phi) is 8.61. The largest absolute Gasteiger partial charge is 0.490 e. The highest BCUT2D eigenvalue weighted by molar-refractivity contribution is 9.10. The van der Waals surface area contributed by atoms with Crippen LogP contribution in [0.5, 0.6) is 17.2 Å². The Balaban J connectivity index is 1.80. The van der Waals surface area contributed by atoms with Gasteiger partial charge in [0.15, 0.2) is 18.1 Å². The van der Waals surface area contributed by atoms with E-state index in [1.807, 2.05) is 26.0 Å². The summed E-state index contributed by atoms with van der Waals surface area (Å²) >= 11 is 3.32. The molecule has 0 saturated heterocycles. The van der Waals surface area contributed by atoms with E-state index in [2.05, 4.69) is 26.8 Å². The van der Waals surface area contributed by atoms with Crippen molar-refractivity contribution >= 4 is 27.7 Å². The molecule has 0 aliphatic rings. The van der Waals surface area contributed by atoms with Crippen LogP contribution in [0, 0.1) is 0 Å². The van der Waals surface area contributed by atoms with Gasteiger partial charge in [0.2, 0.25) is 5.91 Å². The first-order valence-corrected chi connectivity index (χ1v) is 9.65. The molecule has 8 heteroatoms. The maximum Gasteiger partial charge on any atom is 0.276 e. The van der Waals surface area contributed by atoms with E-state index in [4.69, 9.17) is 14.2 Å². The van der Waals surface area contributed by atoms with E-state index in [0.29, 0.717) is 30.5 Å². The molecule has 2 rings (SSSR count). The van der Waals surface area contributed by atoms with Crippen molar-refractivity contribution in [2.45, 2.75) is 20.3 Å². The summed E-state index contributed by atoms with van der Waals surface area (Å²) in [7, 11) is 0. The molecule has 2 aromatic carbocycles. The SMILES string of the molecule is CCOc1ccc(CC(=O)NNC(=O)COc2ccc(Br)cc2)cc1OCC. The van der Waals surface area contributed by atoms with Crippen LogP contribution in [0.1, 0.15) is 19.4 Å². The van der Waals surface area contributed by atoms with Crippen molar-refractivity contribution in [2.75, 3.05) is 19.8 Å². The molecule has 7 nitrogen and oxygen atoms in total. The summed E-state index contributed by atoms with van der Waals surface area (Å²) in [5.41, 5.74) is 5.44. The molecule has 0 aromatic heterocycles. The van der Waals surface area contributed by atoms with E-state index < -0.39 is 5.91 Å². The lowest BCUT2D eigenvalue weighted by Gasteiger charge is -2.13. The number of hydrogen-bond acceptors (Lipinski definition) is 5. The van der Waals surface area contributed by atoms with Gasteiger partial charge >= 0.3 is 0 Å². The highest BCUT2D eigenvalue weighted by Gasteiger charge is 2.10. The third-order valence-electron chi connectivity index (χ3n) is 3.50. The Bertz CT molecular complexity index is 796. The van der Waals surface area contributed by atoms with Gasteiger partial charge in [-0.2, -0.15) is 0 Å². The Labute approximate surface area is 172 Å². The van der Waals surface area contributed by atoms with Crippen LogP contribution in [0.4, 0.5) is 0 Å².